The molecule has 2 aliphatic rings. The van der Waals surface area contributed by atoms with Gasteiger partial charge in [-0.3, -0.25) is 14.5 Å². The van der Waals surface area contributed by atoms with Gasteiger partial charge in [0.15, 0.2) is 0 Å². The standard InChI is InChI=1S/C12H20N2O2/c1-6-14-10(15)7-8(11(14)16)12(2,3)9(7)13(4)5/h7-9H,6H2,1-5H3. The highest BCUT2D eigenvalue weighted by Crippen LogP contribution is 2.57. The van der Waals surface area contributed by atoms with Crippen LogP contribution in [0, 0.1) is 17.3 Å². The Morgan fingerprint density at radius 3 is 2.25 bits per heavy atom. The monoisotopic (exact) mass is 224 g/mol. The molecule has 0 aromatic heterocycles. The number of hydrogen-bond donors (Lipinski definition) is 0. The average molecular weight is 224 g/mol. The lowest BCUT2D eigenvalue weighted by atomic mass is 9.52. The molecule has 3 atom stereocenters. The van der Waals surface area contributed by atoms with Gasteiger partial charge < -0.3 is 4.90 Å². The van der Waals surface area contributed by atoms with Crippen molar-refractivity contribution < 1.29 is 9.59 Å². The van der Waals surface area contributed by atoms with Gasteiger partial charge in [0.2, 0.25) is 11.8 Å². The van der Waals surface area contributed by atoms with Crippen LogP contribution in [0.25, 0.3) is 0 Å². The number of nitrogens with zero attached hydrogens (tertiary/aromatic N) is 2. The first kappa shape index (κ1) is 11.6. The molecule has 0 aromatic rings. The van der Waals surface area contributed by atoms with Gasteiger partial charge in [0.05, 0.1) is 11.8 Å². The summed E-state index contributed by atoms with van der Waals surface area (Å²) < 4.78 is 0. The van der Waals surface area contributed by atoms with Gasteiger partial charge in [0.1, 0.15) is 0 Å². The SMILES string of the molecule is CCN1C(=O)C2C(C1=O)C(C)(C)C2N(C)C. The van der Waals surface area contributed by atoms with E-state index in [2.05, 4.69) is 18.7 Å². The molecule has 4 heteroatoms. The summed E-state index contributed by atoms with van der Waals surface area (Å²) in [6.45, 7) is 6.53. The van der Waals surface area contributed by atoms with E-state index in [-0.39, 0.29) is 35.1 Å². The highest BCUT2D eigenvalue weighted by molar-refractivity contribution is 6.07. The van der Waals surface area contributed by atoms with Crippen molar-refractivity contribution >= 4 is 11.8 Å². The zero-order valence-electron chi connectivity index (χ0n) is 10.7. The van der Waals surface area contributed by atoms with Crippen LogP contribution in [0.15, 0.2) is 0 Å². The molecule has 1 heterocycles. The quantitative estimate of drug-likeness (QED) is 0.644. The van der Waals surface area contributed by atoms with Crippen molar-refractivity contribution in [3.63, 3.8) is 0 Å². The Morgan fingerprint density at radius 1 is 1.25 bits per heavy atom. The Bertz CT molecular complexity index is 349. The first-order valence-corrected chi connectivity index (χ1v) is 5.85. The number of fused-ring (bicyclic) bond motifs is 1. The molecule has 2 amide bonds. The van der Waals surface area contributed by atoms with Gasteiger partial charge in [-0.25, -0.2) is 0 Å². The van der Waals surface area contributed by atoms with E-state index in [0.717, 1.165) is 0 Å². The Kier molecular flexibility index (Phi) is 2.38. The lowest BCUT2D eigenvalue weighted by molar-refractivity contribution is -0.150. The van der Waals surface area contributed by atoms with Gasteiger partial charge in [-0.2, -0.15) is 0 Å². The molecular formula is C12H20N2O2. The molecule has 0 spiro atoms. The van der Waals surface area contributed by atoms with Crippen LogP contribution in [-0.2, 0) is 9.59 Å². The van der Waals surface area contributed by atoms with Crippen LogP contribution in [0.3, 0.4) is 0 Å². The van der Waals surface area contributed by atoms with Crippen LogP contribution in [0.1, 0.15) is 20.8 Å². The second-order valence-electron chi connectivity index (χ2n) is 5.65. The van der Waals surface area contributed by atoms with Crippen molar-refractivity contribution in [1.29, 1.82) is 0 Å². The molecular weight excluding hydrogens is 204 g/mol. The number of likely N-dealkylation sites (tertiary alicyclic amines) is 1. The van der Waals surface area contributed by atoms with Gasteiger partial charge in [-0.05, 0) is 26.4 Å². The average Bonchev–Trinajstić information content (AvgIpc) is 2.35. The van der Waals surface area contributed by atoms with E-state index in [1.807, 2.05) is 21.0 Å². The van der Waals surface area contributed by atoms with Crippen LogP contribution in [0.5, 0.6) is 0 Å². The highest BCUT2D eigenvalue weighted by Gasteiger charge is 2.68. The maximum atomic E-state index is 12.1. The van der Waals surface area contributed by atoms with E-state index >= 15 is 0 Å². The third kappa shape index (κ3) is 1.14. The molecule has 4 nitrogen and oxygen atoms in total. The van der Waals surface area contributed by atoms with Gasteiger partial charge in [0.25, 0.3) is 0 Å². The maximum absolute atomic E-state index is 12.1. The van der Waals surface area contributed by atoms with Crippen LogP contribution in [-0.4, -0.2) is 48.3 Å². The van der Waals surface area contributed by atoms with Crippen LogP contribution in [0.2, 0.25) is 0 Å². The molecule has 3 unspecified atom stereocenters. The normalized spacial score (nSPS) is 36.6. The van der Waals surface area contributed by atoms with E-state index in [0.29, 0.717) is 6.54 Å². The predicted molar refractivity (Wildman–Crippen MR) is 60.6 cm³/mol. The minimum atomic E-state index is -0.113. The van der Waals surface area contributed by atoms with Crippen LogP contribution >= 0.6 is 0 Å². The van der Waals surface area contributed by atoms with Gasteiger partial charge in [0, 0.05) is 12.6 Å². The van der Waals surface area contributed by atoms with Crippen molar-refractivity contribution in [2.45, 2.75) is 26.8 Å². The van der Waals surface area contributed by atoms with Gasteiger partial charge in [-0.15, -0.1) is 0 Å². The number of amides is 2. The molecule has 0 aromatic carbocycles. The van der Waals surface area contributed by atoms with Gasteiger partial charge >= 0.3 is 0 Å². The van der Waals surface area contributed by atoms with E-state index in [9.17, 15) is 9.59 Å². The molecule has 0 N–H and O–H groups in total. The van der Waals surface area contributed by atoms with Crippen molar-refractivity contribution in [2.24, 2.45) is 17.3 Å². The molecule has 0 bridgehead atoms. The number of carbonyl (C=O) groups is 2. The molecule has 1 aliphatic heterocycles. The molecule has 1 saturated heterocycles. The number of hydrogen-bond acceptors (Lipinski definition) is 3. The van der Waals surface area contributed by atoms with E-state index in [1.165, 1.54) is 4.90 Å². The van der Waals surface area contributed by atoms with Crippen molar-refractivity contribution in [2.75, 3.05) is 20.6 Å². The second-order valence-corrected chi connectivity index (χ2v) is 5.65. The zero-order chi connectivity index (χ0) is 12.2. The van der Waals surface area contributed by atoms with Crippen molar-refractivity contribution in [3.05, 3.63) is 0 Å². The lowest BCUT2D eigenvalue weighted by Gasteiger charge is -2.55. The van der Waals surface area contributed by atoms with Crippen molar-refractivity contribution in [3.8, 4) is 0 Å². The Labute approximate surface area is 96.6 Å². The van der Waals surface area contributed by atoms with Crippen LogP contribution in [0.4, 0.5) is 0 Å². The van der Waals surface area contributed by atoms with E-state index in [1.54, 1.807) is 0 Å². The third-order valence-corrected chi connectivity index (χ3v) is 4.22. The molecule has 2 fully saturated rings. The minimum Gasteiger partial charge on any atom is -0.305 e. The largest absolute Gasteiger partial charge is 0.305 e. The predicted octanol–water partition coefficient (Wildman–Crippen LogP) is 0.577. The summed E-state index contributed by atoms with van der Waals surface area (Å²) in [7, 11) is 3.96. The first-order valence-electron chi connectivity index (χ1n) is 5.85. The second kappa shape index (κ2) is 3.29. The molecule has 16 heavy (non-hydrogen) atoms. The molecule has 0 radical (unpaired) electrons. The van der Waals surface area contributed by atoms with E-state index in [4.69, 9.17) is 0 Å². The molecule has 1 saturated carbocycles. The smallest absolute Gasteiger partial charge is 0.234 e. The fraction of sp³-hybridized carbons (Fsp3) is 0.833. The number of rotatable bonds is 2. The lowest BCUT2D eigenvalue weighted by Crippen LogP contribution is -2.64. The molecule has 90 valence electrons. The first-order chi connectivity index (χ1) is 7.34. The maximum Gasteiger partial charge on any atom is 0.234 e. The summed E-state index contributed by atoms with van der Waals surface area (Å²) in [6, 6.07) is 0.186. The Hall–Kier alpha value is -0.900. The van der Waals surface area contributed by atoms with E-state index < -0.39 is 0 Å². The fourth-order valence-corrected chi connectivity index (χ4v) is 3.68. The summed E-state index contributed by atoms with van der Waals surface area (Å²) in [5, 5.41) is 0. The highest BCUT2D eigenvalue weighted by atomic mass is 16.2. The topological polar surface area (TPSA) is 40.6 Å². The third-order valence-electron chi connectivity index (χ3n) is 4.22. The fourth-order valence-electron chi connectivity index (χ4n) is 3.68. The molecule has 2 rings (SSSR count). The summed E-state index contributed by atoms with van der Waals surface area (Å²) in [4.78, 5) is 27.7. The van der Waals surface area contributed by atoms with Crippen LogP contribution < -0.4 is 0 Å². The summed E-state index contributed by atoms with van der Waals surface area (Å²) in [5.41, 5.74) is -0.0924. The molecule has 1 aliphatic carbocycles. The summed E-state index contributed by atoms with van der Waals surface area (Å²) in [6.07, 6.45) is 0. The number of imide groups is 1. The zero-order valence-corrected chi connectivity index (χ0v) is 10.7. The summed E-state index contributed by atoms with van der Waals surface area (Å²) >= 11 is 0. The van der Waals surface area contributed by atoms with Crippen molar-refractivity contribution in [1.82, 2.24) is 9.80 Å². The minimum absolute atomic E-state index is 0.0236. The summed E-state index contributed by atoms with van der Waals surface area (Å²) in [5.74, 6) is -0.166. The Morgan fingerprint density at radius 2 is 1.81 bits per heavy atom. The van der Waals surface area contributed by atoms with Gasteiger partial charge in [-0.1, -0.05) is 13.8 Å². The number of carbonyl (C=O) groups excluding carboxylic acids is 2. The Balaban J connectivity index is 2.35.